The zero-order chi connectivity index (χ0) is 20.1. The van der Waals surface area contributed by atoms with Gasteiger partial charge in [0.25, 0.3) is 15.9 Å². The standard InChI is InChI=1S/C19H17N3O4S2/c1-12(18-20-14-8-4-5-9-15(14)27-18)21(2)17(23)11-22-19(24)13-7-3-6-10-16(13)28(22,25)26/h3-10,12H,11H2,1-2H3/t12-/m0/s1. The van der Waals surface area contributed by atoms with E-state index in [1.807, 2.05) is 31.2 Å². The molecule has 28 heavy (non-hydrogen) atoms. The number of aromatic nitrogens is 1. The summed E-state index contributed by atoms with van der Waals surface area (Å²) in [6.07, 6.45) is 0. The molecule has 144 valence electrons. The van der Waals surface area contributed by atoms with Crippen molar-refractivity contribution in [2.24, 2.45) is 0 Å². The number of carbonyl (C=O) groups is 2. The van der Waals surface area contributed by atoms with Crippen molar-refractivity contribution in [1.82, 2.24) is 14.2 Å². The molecule has 0 N–H and O–H groups in total. The van der Waals surface area contributed by atoms with Gasteiger partial charge in [0.2, 0.25) is 5.91 Å². The Bertz CT molecular complexity index is 1170. The van der Waals surface area contributed by atoms with Crippen LogP contribution in [0.3, 0.4) is 0 Å². The second kappa shape index (κ2) is 6.68. The van der Waals surface area contributed by atoms with Gasteiger partial charge in [0, 0.05) is 7.05 Å². The summed E-state index contributed by atoms with van der Waals surface area (Å²) < 4.78 is 26.9. The minimum absolute atomic E-state index is 0.0605. The zero-order valence-electron chi connectivity index (χ0n) is 15.2. The molecule has 0 spiro atoms. The van der Waals surface area contributed by atoms with E-state index >= 15 is 0 Å². The molecule has 0 fully saturated rings. The molecule has 9 heteroatoms. The molecular weight excluding hydrogens is 398 g/mol. The lowest BCUT2D eigenvalue weighted by Crippen LogP contribution is -2.42. The van der Waals surface area contributed by atoms with Crippen molar-refractivity contribution in [3.05, 3.63) is 59.1 Å². The average molecular weight is 415 g/mol. The Balaban J connectivity index is 1.56. The second-order valence-electron chi connectivity index (χ2n) is 6.51. The van der Waals surface area contributed by atoms with Gasteiger partial charge >= 0.3 is 0 Å². The Morgan fingerprint density at radius 2 is 1.86 bits per heavy atom. The van der Waals surface area contributed by atoms with Gasteiger partial charge in [-0.1, -0.05) is 24.3 Å². The van der Waals surface area contributed by atoms with Crippen LogP contribution < -0.4 is 0 Å². The fourth-order valence-electron chi connectivity index (χ4n) is 3.07. The highest BCUT2D eigenvalue weighted by atomic mass is 32.2. The minimum Gasteiger partial charge on any atom is -0.335 e. The van der Waals surface area contributed by atoms with Gasteiger partial charge in [-0.05, 0) is 31.2 Å². The van der Waals surface area contributed by atoms with E-state index in [2.05, 4.69) is 4.98 Å². The number of rotatable bonds is 4. The Hall–Kier alpha value is -2.78. The van der Waals surface area contributed by atoms with Crippen molar-refractivity contribution >= 4 is 43.4 Å². The third-order valence-electron chi connectivity index (χ3n) is 4.83. The molecule has 3 aromatic rings. The molecule has 1 aromatic heterocycles. The Kier molecular flexibility index (Phi) is 4.43. The summed E-state index contributed by atoms with van der Waals surface area (Å²) in [5, 5.41) is 0.746. The molecule has 1 aliphatic rings. The summed E-state index contributed by atoms with van der Waals surface area (Å²) in [4.78, 5) is 31.2. The molecule has 0 unspecified atom stereocenters. The number of likely N-dealkylation sites (N-methyl/N-ethyl adjacent to an activating group) is 1. The molecule has 0 radical (unpaired) electrons. The topological polar surface area (TPSA) is 87.7 Å². The highest BCUT2D eigenvalue weighted by Gasteiger charge is 2.42. The minimum atomic E-state index is -4.01. The van der Waals surface area contributed by atoms with E-state index in [0.29, 0.717) is 4.31 Å². The lowest BCUT2D eigenvalue weighted by Gasteiger charge is -2.25. The molecule has 0 bridgehead atoms. The van der Waals surface area contributed by atoms with Crippen molar-refractivity contribution in [1.29, 1.82) is 0 Å². The number of benzene rings is 2. The summed E-state index contributed by atoms with van der Waals surface area (Å²) in [6.45, 7) is 1.28. The van der Waals surface area contributed by atoms with Crippen molar-refractivity contribution in [2.45, 2.75) is 17.9 Å². The number of amides is 2. The van der Waals surface area contributed by atoms with Gasteiger partial charge in [-0.25, -0.2) is 17.7 Å². The SMILES string of the molecule is C[C@@H](c1nc2ccccc2s1)N(C)C(=O)CN1C(=O)c2ccccc2S1(=O)=O. The average Bonchev–Trinajstić information content (AvgIpc) is 3.21. The maximum absolute atomic E-state index is 12.8. The monoisotopic (exact) mass is 415 g/mol. The van der Waals surface area contributed by atoms with Crippen molar-refractivity contribution < 1.29 is 18.0 Å². The number of para-hydroxylation sites is 1. The van der Waals surface area contributed by atoms with Gasteiger partial charge in [0.05, 0.1) is 21.8 Å². The van der Waals surface area contributed by atoms with Crippen LogP contribution in [-0.2, 0) is 14.8 Å². The Morgan fingerprint density at radius 3 is 2.57 bits per heavy atom. The predicted molar refractivity (Wildman–Crippen MR) is 105 cm³/mol. The van der Waals surface area contributed by atoms with Gasteiger partial charge < -0.3 is 4.90 Å². The largest absolute Gasteiger partial charge is 0.335 e. The predicted octanol–water partition coefficient (Wildman–Crippen LogP) is 2.66. The smallest absolute Gasteiger partial charge is 0.269 e. The van der Waals surface area contributed by atoms with Crippen molar-refractivity contribution in [2.75, 3.05) is 13.6 Å². The first-order valence-corrected chi connectivity index (χ1v) is 10.8. The fourth-order valence-corrected chi connectivity index (χ4v) is 5.65. The van der Waals surface area contributed by atoms with Gasteiger partial charge in [0.15, 0.2) is 0 Å². The van der Waals surface area contributed by atoms with Crippen LogP contribution in [0.5, 0.6) is 0 Å². The van der Waals surface area contributed by atoms with Gasteiger partial charge in [0.1, 0.15) is 16.4 Å². The molecular formula is C19H17N3O4S2. The summed E-state index contributed by atoms with van der Waals surface area (Å²) >= 11 is 1.48. The number of nitrogens with zero attached hydrogens (tertiary/aromatic N) is 3. The first-order chi connectivity index (χ1) is 13.3. The third kappa shape index (κ3) is 2.87. The molecule has 0 aliphatic carbocycles. The third-order valence-corrected chi connectivity index (χ3v) is 7.83. The number of hydrogen-bond acceptors (Lipinski definition) is 6. The molecule has 2 aromatic carbocycles. The van der Waals surface area contributed by atoms with Crippen LogP contribution in [0.2, 0.25) is 0 Å². The van der Waals surface area contributed by atoms with E-state index < -0.39 is 28.4 Å². The Morgan fingerprint density at radius 1 is 1.18 bits per heavy atom. The van der Waals surface area contributed by atoms with Crippen molar-refractivity contribution in [3.8, 4) is 0 Å². The second-order valence-corrected chi connectivity index (χ2v) is 9.41. The Labute approximate surface area is 166 Å². The zero-order valence-corrected chi connectivity index (χ0v) is 16.8. The van der Waals surface area contributed by atoms with Crippen LogP contribution in [-0.4, -0.2) is 48.0 Å². The highest BCUT2D eigenvalue weighted by molar-refractivity contribution is 7.90. The van der Waals surface area contributed by atoms with E-state index in [1.165, 1.54) is 28.4 Å². The fraction of sp³-hybridized carbons (Fsp3) is 0.211. The summed E-state index contributed by atoms with van der Waals surface area (Å²) in [5.74, 6) is -1.15. The number of fused-ring (bicyclic) bond motifs is 2. The summed E-state index contributed by atoms with van der Waals surface area (Å²) in [5.41, 5.74) is 0.945. The summed E-state index contributed by atoms with van der Waals surface area (Å²) in [6, 6.07) is 13.3. The van der Waals surface area contributed by atoms with Crippen LogP contribution >= 0.6 is 11.3 Å². The molecule has 1 atom stereocenters. The summed E-state index contributed by atoms with van der Waals surface area (Å²) in [7, 11) is -2.43. The molecule has 7 nitrogen and oxygen atoms in total. The lowest BCUT2D eigenvalue weighted by molar-refractivity contribution is -0.131. The van der Waals surface area contributed by atoms with E-state index in [9.17, 15) is 18.0 Å². The lowest BCUT2D eigenvalue weighted by atomic mass is 10.2. The first kappa shape index (κ1) is 18.6. The number of hydrogen-bond donors (Lipinski definition) is 0. The molecule has 0 saturated heterocycles. The van der Waals surface area contributed by atoms with E-state index in [-0.39, 0.29) is 16.5 Å². The molecule has 2 amide bonds. The van der Waals surface area contributed by atoms with Crippen LogP contribution in [0, 0.1) is 0 Å². The van der Waals surface area contributed by atoms with E-state index in [4.69, 9.17) is 0 Å². The van der Waals surface area contributed by atoms with Crippen LogP contribution in [0.25, 0.3) is 10.2 Å². The maximum Gasteiger partial charge on any atom is 0.269 e. The highest BCUT2D eigenvalue weighted by Crippen LogP contribution is 2.31. The molecule has 2 heterocycles. The molecule has 1 aliphatic heterocycles. The van der Waals surface area contributed by atoms with Crippen LogP contribution in [0.1, 0.15) is 28.3 Å². The van der Waals surface area contributed by atoms with Gasteiger partial charge in [-0.3, -0.25) is 9.59 Å². The van der Waals surface area contributed by atoms with E-state index in [1.54, 1.807) is 19.2 Å². The van der Waals surface area contributed by atoms with E-state index in [0.717, 1.165) is 15.2 Å². The number of sulfonamides is 1. The number of carbonyl (C=O) groups excluding carboxylic acids is 2. The van der Waals surface area contributed by atoms with Gasteiger partial charge in [-0.2, -0.15) is 0 Å². The van der Waals surface area contributed by atoms with Crippen LogP contribution in [0.15, 0.2) is 53.4 Å². The van der Waals surface area contributed by atoms with Crippen molar-refractivity contribution in [3.63, 3.8) is 0 Å². The number of thiazole rings is 1. The quantitative estimate of drug-likeness (QED) is 0.654. The maximum atomic E-state index is 12.8. The molecule has 4 rings (SSSR count). The van der Waals surface area contributed by atoms with Gasteiger partial charge in [-0.15, -0.1) is 11.3 Å². The normalized spacial score (nSPS) is 16.2. The molecule has 0 saturated carbocycles. The first-order valence-electron chi connectivity index (χ1n) is 8.58. The van der Waals surface area contributed by atoms with Crippen LogP contribution in [0.4, 0.5) is 0 Å².